The molecule has 0 spiro atoms. The molecule has 0 radical (unpaired) electrons. The predicted molar refractivity (Wildman–Crippen MR) is 98.1 cm³/mol. The maximum Gasteiger partial charge on any atom is 0.229 e. The molecule has 25 heavy (non-hydrogen) atoms. The number of methoxy groups -OCH3 is 2. The lowest BCUT2D eigenvalue weighted by Crippen LogP contribution is -2.15. The zero-order chi connectivity index (χ0) is 18.4. The first-order valence-electron chi connectivity index (χ1n) is 7.83. The molecule has 6 nitrogen and oxygen atoms in total. The van der Waals surface area contributed by atoms with Crippen LogP contribution >= 0.6 is 0 Å². The van der Waals surface area contributed by atoms with Gasteiger partial charge in [0.05, 0.1) is 19.9 Å². The summed E-state index contributed by atoms with van der Waals surface area (Å²) in [6.07, 6.45) is 0.657. The minimum atomic E-state index is 0.469. The van der Waals surface area contributed by atoms with Crippen LogP contribution in [0.5, 0.6) is 11.5 Å². The van der Waals surface area contributed by atoms with Gasteiger partial charge >= 0.3 is 0 Å². The second kappa shape index (κ2) is 8.30. The minimum Gasteiger partial charge on any atom is -0.493 e. The third-order valence-corrected chi connectivity index (χ3v) is 3.86. The average Bonchev–Trinajstić information content (AvgIpc) is 2.66. The number of benzene rings is 2. The summed E-state index contributed by atoms with van der Waals surface area (Å²) in [5, 5.41) is 5.68. The Morgan fingerprint density at radius 3 is 2.28 bits per heavy atom. The quantitative estimate of drug-likeness (QED) is 0.476. The van der Waals surface area contributed by atoms with Crippen molar-refractivity contribution in [2.24, 2.45) is 10.8 Å². The molecule has 0 aromatic heterocycles. The van der Waals surface area contributed by atoms with Gasteiger partial charge in [0.1, 0.15) is 0 Å². The van der Waals surface area contributed by atoms with E-state index in [4.69, 9.17) is 15.2 Å². The van der Waals surface area contributed by atoms with Gasteiger partial charge in [-0.3, -0.25) is 4.79 Å². The van der Waals surface area contributed by atoms with Crippen LogP contribution in [0.25, 0.3) is 0 Å². The summed E-state index contributed by atoms with van der Waals surface area (Å²) in [5.41, 5.74) is 10.0. The van der Waals surface area contributed by atoms with Crippen LogP contribution in [-0.2, 0) is 11.3 Å². The molecule has 0 fully saturated rings. The molecule has 0 aliphatic carbocycles. The Bertz CT molecular complexity index is 770. The number of hydrogen-bond donors (Lipinski definition) is 1. The van der Waals surface area contributed by atoms with Crippen molar-refractivity contribution < 1.29 is 14.3 Å². The molecule has 2 aromatic carbocycles. The van der Waals surface area contributed by atoms with Gasteiger partial charge in [0.15, 0.2) is 11.5 Å². The van der Waals surface area contributed by atoms with Gasteiger partial charge in [-0.2, -0.15) is 5.10 Å². The maximum atomic E-state index is 11.1. The summed E-state index contributed by atoms with van der Waals surface area (Å²) in [6.45, 7) is 2.43. The van der Waals surface area contributed by atoms with Crippen molar-refractivity contribution in [3.8, 4) is 11.5 Å². The Morgan fingerprint density at radius 1 is 1.16 bits per heavy atom. The SMILES string of the molecule is COc1cc(C)c(/C(=N\N(C)C=O)c2ccc(CN)cc2)cc1OC. The highest BCUT2D eigenvalue weighted by atomic mass is 16.5. The molecule has 2 aromatic rings. The molecule has 0 saturated carbocycles. The van der Waals surface area contributed by atoms with Crippen molar-refractivity contribution >= 4 is 12.1 Å². The standard InChI is InChI=1S/C19H23N3O3/c1-13-9-17(24-3)18(25-4)10-16(13)19(21-22(2)12-23)15-7-5-14(11-20)6-8-15/h5-10,12H,11,20H2,1-4H3/b21-19-. The molecule has 0 bridgehead atoms. The lowest BCUT2D eigenvalue weighted by atomic mass is 9.96. The molecule has 0 heterocycles. The van der Waals surface area contributed by atoms with Gasteiger partial charge in [0.25, 0.3) is 0 Å². The number of ether oxygens (including phenoxy) is 2. The summed E-state index contributed by atoms with van der Waals surface area (Å²) < 4.78 is 10.8. The number of amides is 1. The van der Waals surface area contributed by atoms with Crippen LogP contribution in [0.2, 0.25) is 0 Å². The van der Waals surface area contributed by atoms with Crippen molar-refractivity contribution in [1.29, 1.82) is 0 Å². The highest BCUT2D eigenvalue weighted by Crippen LogP contribution is 2.31. The second-order valence-corrected chi connectivity index (χ2v) is 5.55. The van der Waals surface area contributed by atoms with Crippen molar-refractivity contribution in [3.05, 3.63) is 58.7 Å². The van der Waals surface area contributed by atoms with E-state index >= 15 is 0 Å². The Balaban J connectivity index is 2.63. The fourth-order valence-electron chi connectivity index (χ4n) is 2.48. The van der Waals surface area contributed by atoms with E-state index in [1.165, 1.54) is 5.01 Å². The fraction of sp³-hybridized carbons (Fsp3) is 0.263. The number of aryl methyl sites for hydroxylation is 1. The molecule has 0 unspecified atom stereocenters. The molecule has 0 aliphatic heterocycles. The van der Waals surface area contributed by atoms with Gasteiger partial charge in [-0.1, -0.05) is 24.3 Å². The fourth-order valence-corrected chi connectivity index (χ4v) is 2.48. The average molecular weight is 341 g/mol. The third kappa shape index (κ3) is 4.16. The number of carbonyl (C=O) groups excluding carboxylic acids is 1. The Labute approximate surface area is 147 Å². The predicted octanol–water partition coefficient (Wildman–Crippen LogP) is 2.31. The van der Waals surface area contributed by atoms with E-state index in [2.05, 4.69) is 5.10 Å². The number of nitrogens with two attached hydrogens (primary N) is 1. The van der Waals surface area contributed by atoms with E-state index in [9.17, 15) is 4.79 Å². The molecule has 2 rings (SSSR count). The topological polar surface area (TPSA) is 77.2 Å². The first kappa shape index (κ1) is 18.5. The lowest BCUT2D eigenvalue weighted by molar-refractivity contribution is -0.117. The van der Waals surface area contributed by atoms with E-state index in [0.29, 0.717) is 30.2 Å². The smallest absolute Gasteiger partial charge is 0.229 e. The van der Waals surface area contributed by atoms with E-state index < -0.39 is 0 Å². The van der Waals surface area contributed by atoms with Crippen molar-refractivity contribution in [2.45, 2.75) is 13.5 Å². The monoisotopic (exact) mass is 341 g/mol. The number of rotatable bonds is 7. The molecule has 6 heteroatoms. The number of hydrogen-bond acceptors (Lipinski definition) is 5. The highest BCUT2D eigenvalue weighted by Gasteiger charge is 2.16. The van der Waals surface area contributed by atoms with Crippen LogP contribution in [0, 0.1) is 6.92 Å². The molecule has 2 N–H and O–H groups in total. The van der Waals surface area contributed by atoms with E-state index in [1.54, 1.807) is 21.3 Å². The summed E-state index contributed by atoms with van der Waals surface area (Å²) >= 11 is 0. The van der Waals surface area contributed by atoms with Gasteiger partial charge in [-0.25, -0.2) is 5.01 Å². The van der Waals surface area contributed by atoms with Crippen LogP contribution < -0.4 is 15.2 Å². The van der Waals surface area contributed by atoms with Gasteiger partial charge in [-0.15, -0.1) is 0 Å². The zero-order valence-electron chi connectivity index (χ0n) is 14.9. The van der Waals surface area contributed by atoms with E-state index in [1.807, 2.05) is 43.3 Å². The Kier molecular flexibility index (Phi) is 6.14. The van der Waals surface area contributed by atoms with Crippen LogP contribution in [0.3, 0.4) is 0 Å². The molecular formula is C19H23N3O3. The summed E-state index contributed by atoms with van der Waals surface area (Å²) in [7, 11) is 4.77. The molecule has 0 atom stereocenters. The van der Waals surface area contributed by atoms with Crippen LogP contribution in [0.4, 0.5) is 0 Å². The largest absolute Gasteiger partial charge is 0.493 e. The van der Waals surface area contributed by atoms with Crippen LogP contribution in [-0.4, -0.2) is 38.4 Å². The first-order valence-corrected chi connectivity index (χ1v) is 7.83. The summed E-state index contributed by atoms with van der Waals surface area (Å²) in [6, 6.07) is 11.5. The van der Waals surface area contributed by atoms with E-state index in [0.717, 1.165) is 22.3 Å². The van der Waals surface area contributed by atoms with Crippen LogP contribution in [0.15, 0.2) is 41.5 Å². The number of nitrogens with zero attached hydrogens (tertiary/aromatic N) is 2. The van der Waals surface area contributed by atoms with Crippen LogP contribution in [0.1, 0.15) is 22.3 Å². The van der Waals surface area contributed by atoms with Crippen molar-refractivity contribution in [2.75, 3.05) is 21.3 Å². The van der Waals surface area contributed by atoms with Gasteiger partial charge < -0.3 is 15.2 Å². The molecular weight excluding hydrogens is 318 g/mol. The third-order valence-electron chi connectivity index (χ3n) is 3.86. The Morgan fingerprint density at radius 2 is 1.76 bits per heavy atom. The molecule has 0 aliphatic rings. The van der Waals surface area contributed by atoms with Crippen molar-refractivity contribution in [3.63, 3.8) is 0 Å². The van der Waals surface area contributed by atoms with Gasteiger partial charge in [0.2, 0.25) is 6.41 Å². The zero-order valence-corrected chi connectivity index (χ0v) is 14.9. The summed E-state index contributed by atoms with van der Waals surface area (Å²) in [5.74, 6) is 1.24. The van der Waals surface area contributed by atoms with E-state index in [-0.39, 0.29) is 0 Å². The van der Waals surface area contributed by atoms with Crippen molar-refractivity contribution in [1.82, 2.24) is 5.01 Å². The van der Waals surface area contributed by atoms with Gasteiger partial charge in [0, 0.05) is 24.7 Å². The molecule has 132 valence electrons. The molecule has 1 amide bonds. The first-order chi connectivity index (χ1) is 12.0. The van der Waals surface area contributed by atoms with Gasteiger partial charge in [-0.05, 0) is 30.2 Å². The normalized spacial score (nSPS) is 11.2. The maximum absolute atomic E-state index is 11.1. The minimum absolute atomic E-state index is 0.469. The Hall–Kier alpha value is -2.86. The lowest BCUT2D eigenvalue weighted by Gasteiger charge is -2.16. The number of carbonyl (C=O) groups is 1. The second-order valence-electron chi connectivity index (χ2n) is 5.55. The highest BCUT2D eigenvalue weighted by molar-refractivity contribution is 6.14. The summed E-state index contributed by atoms with van der Waals surface area (Å²) in [4.78, 5) is 11.1. The number of hydrazone groups is 1. The molecule has 0 saturated heterocycles.